The van der Waals surface area contributed by atoms with Crippen LogP contribution in [0.3, 0.4) is 0 Å². The number of alkyl carbamates (subject to hydrolysis) is 1. The standard InChI is InChI=1S/C27H26N2O5/c1-17(26(31)32)29-25(30)14-18-8-2-3-9-19(18)15-28-27(33)34-16-24-22-12-6-4-10-20(22)21-11-5-7-13-23(21)24/h2-13,17,24H,14-16H2,1H3,(H,28,33)(H,29,30)(H,31,32). The van der Waals surface area contributed by atoms with Crippen LogP contribution >= 0.6 is 0 Å². The van der Waals surface area contributed by atoms with Crippen molar-refractivity contribution in [1.29, 1.82) is 0 Å². The zero-order valence-corrected chi connectivity index (χ0v) is 18.8. The van der Waals surface area contributed by atoms with E-state index >= 15 is 0 Å². The summed E-state index contributed by atoms with van der Waals surface area (Å²) in [4.78, 5) is 35.6. The molecule has 3 N–H and O–H groups in total. The number of carboxylic acids is 1. The second-order valence-corrected chi connectivity index (χ2v) is 8.25. The average Bonchev–Trinajstić information content (AvgIpc) is 3.15. The zero-order chi connectivity index (χ0) is 24.1. The molecule has 34 heavy (non-hydrogen) atoms. The Morgan fingerprint density at radius 1 is 0.882 bits per heavy atom. The molecular formula is C27H26N2O5. The highest BCUT2D eigenvalue weighted by Crippen LogP contribution is 2.44. The van der Waals surface area contributed by atoms with Gasteiger partial charge in [0.1, 0.15) is 12.6 Å². The van der Waals surface area contributed by atoms with Crippen molar-refractivity contribution < 1.29 is 24.2 Å². The molecule has 0 heterocycles. The third-order valence-electron chi connectivity index (χ3n) is 5.98. The molecule has 1 aliphatic rings. The Balaban J connectivity index is 1.35. The monoisotopic (exact) mass is 458 g/mol. The van der Waals surface area contributed by atoms with Crippen LogP contribution in [-0.4, -0.2) is 35.7 Å². The molecule has 7 nitrogen and oxygen atoms in total. The maximum absolute atomic E-state index is 12.5. The second-order valence-electron chi connectivity index (χ2n) is 8.25. The van der Waals surface area contributed by atoms with Crippen molar-refractivity contribution in [2.75, 3.05) is 6.61 Å². The Morgan fingerprint density at radius 2 is 1.44 bits per heavy atom. The van der Waals surface area contributed by atoms with Crippen LogP contribution in [0.15, 0.2) is 72.8 Å². The number of benzene rings is 3. The van der Waals surface area contributed by atoms with E-state index in [1.165, 1.54) is 6.92 Å². The van der Waals surface area contributed by atoms with Gasteiger partial charge in [0.25, 0.3) is 0 Å². The Bertz CT molecular complexity index is 1180. The van der Waals surface area contributed by atoms with E-state index in [-0.39, 0.29) is 25.5 Å². The molecule has 1 unspecified atom stereocenters. The Morgan fingerprint density at radius 3 is 2.06 bits per heavy atom. The molecule has 1 atom stereocenters. The highest BCUT2D eigenvalue weighted by Gasteiger charge is 2.29. The van der Waals surface area contributed by atoms with Crippen LogP contribution in [0.4, 0.5) is 4.79 Å². The number of fused-ring (bicyclic) bond motifs is 3. The fourth-order valence-corrected chi connectivity index (χ4v) is 4.25. The molecule has 0 radical (unpaired) electrons. The zero-order valence-electron chi connectivity index (χ0n) is 18.8. The van der Waals surface area contributed by atoms with Crippen LogP contribution in [0, 0.1) is 0 Å². The van der Waals surface area contributed by atoms with E-state index in [2.05, 4.69) is 34.9 Å². The van der Waals surface area contributed by atoms with Gasteiger partial charge in [0.15, 0.2) is 0 Å². The van der Waals surface area contributed by atoms with Crippen molar-refractivity contribution in [3.8, 4) is 11.1 Å². The van der Waals surface area contributed by atoms with Gasteiger partial charge in [0.2, 0.25) is 5.91 Å². The van der Waals surface area contributed by atoms with Gasteiger partial charge in [0, 0.05) is 12.5 Å². The highest BCUT2D eigenvalue weighted by atomic mass is 16.5. The Hall–Kier alpha value is -4.13. The lowest BCUT2D eigenvalue weighted by molar-refractivity contribution is -0.141. The van der Waals surface area contributed by atoms with Crippen molar-refractivity contribution >= 4 is 18.0 Å². The van der Waals surface area contributed by atoms with Gasteiger partial charge in [-0.15, -0.1) is 0 Å². The largest absolute Gasteiger partial charge is 0.480 e. The number of carbonyl (C=O) groups excluding carboxylic acids is 2. The van der Waals surface area contributed by atoms with Gasteiger partial charge in [0.05, 0.1) is 6.42 Å². The maximum Gasteiger partial charge on any atom is 0.407 e. The molecule has 0 spiro atoms. The minimum atomic E-state index is -1.10. The van der Waals surface area contributed by atoms with Gasteiger partial charge in [-0.05, 0) is 40.3 Å². The van der Waals surface area contributed by atoms with Gasteiger partial charge in [-0.25, -0.2) is 4.79 Å². The molecule has 0 bridgehead atoms. The van der Waals surface area contributed by atoms with Gasteiger partial charge in [-0.2, -0.15) is 0 Å². The lowest BCUT2D eigenvalue weighted by Gasteiger charge is -2.15. The predicted molar refractivity (Wildman–Crippen MR) is 127 cm³/mol. The fraction of sp³-hybridized carbons (Fsp3) is 0.222. The van der Waals surface area contributed by atoms with Crippen molar-refractivity contribution in [3.05, 3.63) is 95.1 Å². The molecule has 7 heteroatoms. The predicted octanol–water partition coefficient (Wildman–Crippen LogP) is 3.86. The van der Waals surface area contributed by atoms with Crippen LogP contribution < -0.4 is 10.6 Å². The summed E-state index contributed by atoms with van der Waals surface area (Å²) in [6.07, 6.45) is -0.527. The number of carboxylic acid groups (broad SMARTS) is 1. The van der Waals surface area contributed by atoms with E-state index in [1.54, 1.807) is 12.1 Å². The summed E-state index contributed by atoms with van der Waals surface area (Å²) in [6.45, 7) is 1.82. The number of rotatable bonds is 8. The minimum Gasteiger partial charge on any atom is -0.480 e. The van der Waals surface area contributed by atoms with E-state index in [1.807, 2.05) is 36.4 Å². The molecule has 0 saturated heterocycles. The molecule has 0 fully saturated rings. The van der Waals surface area contributed by atoms with Gasteiger partial charge >= 0.3 is 12.1 Å². The first-order chi connectivity index (χ1) is 16.4. The molecule has 0 aromatic heterocycles. The normalized spacial score (nSPS) is 12.9. The summed E-state index contributed by atoms with van der Waals surface area (Å²) in [7, 11) is 0. The molecule has 0 aliphatic heterocycles. The van der Waals surface area contributed by atoms with Gasteiger partial charge in [-0.3, -0.25) is 9.59 Å². The lowest BCUT2D eigenvalue weighted by atomic mass is 9.98. The number of hydrogen-bond donors (Lipinski definition) is 3. The quantitative estimate of drug-likeness (QED) is 0.476. The van der Waals surface area contributed by atoms with E-state index < -0.39 is 24.0 Å². The van der Waals surface area contributed by atoms with Crippen LogP contribution in [-0.2, 0) is 27.3 Å². The molecule has 174 valence electrons. The summed E-state index contributed by atoms with van der Waals surface area (Å²) >= 11 is 0. The van der Waals surface area contributed by atoms with Crippen LogP contribution in [0.2, 0.25) is 0 Å². The first kappa shape index (κ1) is 23.0. The first-order valence-corrected chi connectivity index (χ1v) is 11.1. The van der Waals surface area contributed by atoms with E-state index in [0.717, 1.165) is 27.8 Å². The Labute approximate surface area is 197 Å². The number of nitrogens with one attached hydrogen (secondary N) is 2. The topological polar surface area (TPSA) is 105 Å². The highest BCUT2D eigenvalue weighted by molar-refractivity contribution is 5.84. The van der Waals surface area contributed by atoms with E-state index in [4.69, 9.17) is 9.84 Å². The smallest absolute Gasteiger partial charge is 0.407 e. The second kappa shape index (κ2) is 10.2. The van der Waals surface area contributed by atoms with Gasteiger partial charge in [-0.1, -0.05) is 72.8 Å². The van der Waals surface area contributed by atoms with E-state index in [0.29, 0.717) is 5.56 Å². The van der Waals surface area contributed by atoms with Crippen LogP contribution in [0.1, 0.15) is 35.1 Å². The number of amides is 2. The Kier molecular flexibility index (Phi) is 6.92. The van der Waals surface area contributed by atoms with Crippen LogP contribution in [0.25, 0.3) is 11.1 Å². The van der Waals surface area contributed by atoms with Crippen molar-refractivity contribution in [2.45, 2.75) is 31.8 Å². The maximum atomic E-state index is 12.5. The molecule has 3 aromatic rings. The number of aliphatic carboxylic acids is 1. The number of carbonyl (C=O) groups is 3. The lowest BCUT2D eigenvalue weighted by Crippen LogP contribution is -2.39. The molecule has 2 amide bonds. The third-order valence-corrected chi connectivity index (χ3v) is 5.98. The summed E-state index contributed by atoms with van der Waals surface area (Å²) in [6, 6.07) is 22.5. The number of hydrogen-bond acceptors (Lipinski definition) is 4. The molecular weight excluding hydrogens is 432 g/mol. The summed E-state index contributed by atoms with van der Waals surface area (Å²) in [5.41, 5.74) is 6.07. The summed E-state index contributed by atoms with van der Waals surface area (Å²) in [5, 5.41) is 14.2. The third kappa shape index (κ3) is 5.09. The van der Waals surface area contributed by atoms with Crippen molar-refractivity contribution in [1.82, 2.24) is 10.6 Å². The first-order valence-electron chi connectivity index (χ1n) is 11.1. The SMILES string of the molecule is CC(NC(=O)Cc1ccccc1CNC(=O)OCC1c2ccccc2-c2ccccc21)C(=O)O. The molecule has 0 saturated carbocycles. The van der Waals surface area contributed by atoms with Gasteiger partial charge < -0.3 is 20.5 Å². The van der Waals surface area contributed by atoms with E-state index in [9.17, 15) is 14.4 Å². The van der Waals surface area contributed by atoms with Crippen molar-refractivity contribution in [2.24, 2.45) is 0 Å². The van der Waals surface area contributed by atoms with Crippen LogP contribution in [0.5, 0.6) is 0 Å². The minimum absolute atomic E-state index is 0.0141. The molecule has 3 aromatic carbocycles. The van der Waals surface area contributed by atoms with Crippen molar-refractivity contribution in [3.63, 3.8) is 0 Å². The molecule has 1 aliphatic carbocycles. The summed E-state index contributed by atoms with van der Waals surface area (Å²) < 4.78 is 5.57. The fourth-order valence-electron chi connectivity index (χ4n) is 4.25. The number of ether oxygens (including phenoxy) is 1. The average molecular weight is 459 g/mol. The molecule has 4 rings (SSSR count). The summed E-state index contributed by atoms with van der Waals surface area (Å²) in [5.74, 6) is -1.52.